The first-order chi connectivity index (χ1) is 16.5. The summed E-state index contributed by atoms with van der Waals surface area (Å²) in [4.78, 5) is 47.0. The Kier molecular flexibility index (Phi) is 5.56. The van der Waals surface area contributed by atoms with Crippen LogP contribution in [0.25, 0.3) is 10.2 Å². The number of H-pyrrole nitrogens is 1. The predicted molar refractivity (Wildman–Crippen MR) is 130 cm³/mol. The summed E-state index contributed by atoms with van der Waals surface area (Å²) in [5.74, 6) is -0.128. The number of nitrogen functional groups attached to an aromatic ring is 1. The zero-order chi connectivity index (χ0) is 23.7. The van der Waals surface area contributed by atoms with Gasteiger partial charge in [0.05, 0.1) is 35.1 Å². The minimum absolute atomic E-state index is 0.0522. The van der Waals surface area contributed by atoms with Crippen molar-refractivity contribution in [3.8, 4) is 0 Å². The smallest absolute Gasteiger partial charge is 0.330 e. The van der Waals surface area contributed by atoms with E-state index in [2.05, 4.69) is 9.97 Å². The van der Waals surface area contributed by atoms with Crippen LogP contribution in [-0.4, -0.2) is 20.4 Å². The summed E-state index contributed by atoms with van der Waals surface area (Å²) in [6, 6.07) is 17.7. The molecule has 5 aromatic rings. The first-order valence-corrected chi connectivity index (χ1v) is 11.2. The number of aromatic amines is 1. The molecule has 0 saturated heterocycles. The van der Waals surface area contributed by atoms with Gasteiger partial charge in [0.2, 0.25) is 0 Å². The number of fused-ring (bicyclic) bond motifs is 1. The molecule has 0 spiro atoms. The highest BCUT2D eigenvalue weighted by Gasteiger charge is 2.27. The summed E-state index contributed by atoms with van der Waals surface area (Å²) in [7, 11) is 0. The summed E-state index contributed by atoms with van der Waals surface area (Å²) >= 11 is 1.41. The van der Waals surface area contributed by atoms with Gasteiger partial charge in [0.1, 0.15) is 11.6 Å². The van der Waals surface area contributed by atoms with Gasteiger partial charge in [-0.1, -0.05) is 30.3 Å². The number of hydrogen-bond acceptors (Lipinski definition) is 7. The average Bonchev–Trinajstić information content (AvgIpc) is 3.52. The number of hydrogen-bond donors (Lipinski definition) is 2. The molecule has 1 amide bonds. The molecule has 0 radical (unpaired) electrons. The van der Waals surface area contributed by atoms with Gasteiger partial charge in [0.15, 0.2) is 5.69 Å². The molecular weight excluding hydrogens is 454 g/mol. The normalized spacial score (nSPS) is 11.1. The van der Waals surface area contributed by atoms with Crippen molar-refractivity contribution < 1.29 is 9.21 Å². The number of nitrogens with zero attached hydrogens (tertiary/aromatic N) is 3. The van der Waals surface area contributed by atoms with E-state index < -0.39 is 17.2 Å². The fourth-order valence-corrected chi connectivity index (χ4v) is 4.43. The van der Waals surface area contributed by atoms with E-state index in [4.69, 9.17) is 10.2 Å². The van der Waals surface area contributed by atoms with Crippen molar-refractivity contribution in [2.75, 3.05) is 10.6 Å². The SMILES string of the molecule is Nc1c(N(Cc2ccco2)C(=O)c2ccc3ncsc3c2)c(=O)[nH]c(=O)n1Cc1ccccc1. The molecule has 3 aromatic heterocycles. The summed E-state index contributed by atoms with van der Waals surface area (Å²) in [6.45, 7) is 0.0777. The van der Waals surface area contributed by atoms with Crippen LogP contribution in [0.2, 0.25) is 0 Å². The number of aromatic nitrogens is 3. The predicted octanol–water partition coefficient (Wildman–Crippen LogP) is 3.22. The lowest BCUT2D eigenvalue weighted by atomic mass is 10.1. The van der Waals surface area contributed by atoms with Crippen LogP contribution in [0.3, 0.4) is 0 Å². The Morgan fingerprint density at radius 1 is 1.12 bits per heavy atom. The van der Waals surface area contributed by atoms with Gasteiger partial charge in [-0.3, -0.25) is 24.0 Å². The number of nitrogens with one attached hydrogen (secondary N) is 1. The maximum Gasteiger partial charge on any atom is 0.330 e. The minimum atomic E-state index is -0.759. The van der Waals surface area contributed by atoms with Crippen LogP contribution in [0.4, 0.5) is 11.5 Å². The summed E-state index contributed by atoms with van der Waals surface area (Å²) in [5.41, 5.74) is 8.45. The van der Waals surface area contributed by atoms with Crippen LogP contribution in [-0.2, 0) is 13.1 Å². The molecule has 34 heavy (non-hydrogen) atoms. The summed E-state index contributed by atoms with van der Waals surface area (Å²) in [6.07, 6.45) is 1.48. The highest BCUT2D eigenvalue weighted by molar-refractivity contribution is 7.16. The van der Waals surface area contributed by atoms with Crippen molar-refractivity contribution in [1.29, 1.82) is 0 Å². The Labute approximate surface area is 196 Å². The van der Waals surface area contributed by atoms with Crippen molar-refractivity contribution in [1.82, 2.24) is 14.5 Å². The number of thiazole rings is 1. The molecule has 0 unspecified atom stereocenters. The Bertz CT molecular complexity index is 1590. The minimum Gasteiger partial charge on any atom is -0.467 e. The molecule has 2 aromatic carbocycles. The fraction of sp³-hybridized carbons (Fsp3) is 0.0833. The summed E-state index contributed by atoms with van der Waals surface area (Å²) in [5, 5.41) is 0. The average molecular weight is 474 g/mol. The van der Waals surface area contributed by atoms with Crippen LogP contribution < -0.4 is 21.9 Å². The van der Waals surface area contributed by atoms with Gasteiger partial charge in [-0.25, -0.2) is 9.78 Å². The standard InChI is InChI=1S/C24H19N5O4S/c25-21-20(22(30)27-24(32)29(21)12-15-5-2-1-3-6-15)28(13-17-7-4-10-33-17)23(31)16-8-9-18-19(11-16)34-14-26-18/h1-11,14H,12-13,25H2,(H,27,30,32). The Balaban J connectivity index is 1.63. The van der Waals surface area contributed by atoms with E-state index in [0.717, 1.165) is 15.8 Å². The molecule has 3 heterocycles. The third-order valence-electron chi connectivity index (χ3n) is 5.38. The molecule has 5 rings (SSSR count). The van der Waals surface area contributed by atoms with Gasteiger partial charge in [-0.15, -0.1) is 11.3 Å². The lowest BCUT2D eigenvalue weighted by Gasteiger charge is -2.24. The number of carbonyl (C=O) groups excluding carboxylic acids is 1. The lowest BCUT2D eigenvalue weighted by molar-refractivity contribution is 0.0983. The third-order valence-corrected chi connectivity index (χ3v) is 6.18. The van der Waals surface area contributed by atoms with Gasteiger partial charge in [-0.2, -0.15) is 0 Å². The van der Waals surface area contributed by atoms with Crippen molar-refractivity contribution >= 4 is 39.0 Å². The van der Waals surface area contributed by atoms with E-state index in [1.807, 2.05) is 30.3 Å². The van der Waals surface area contributed by atoms with Gasteiger partial charge in [0, 0.05) is 5.56 Å². The molecule has 0 aliphatic carbocycles. The maximum atomic E-state index is 13.7. The van der Waals surface area contributed by atoms with E-state index in [1.54, 1.807) is 35.8 Å². The highest BCUT2D eigenvalue weighted by atomic mass is 32.1. The molecule has 0 fully saturated rings. The molecule has 3 N–H and O–H groups in total. The number of amides is 1. The molecule has 170 valence electrons. The van der Waals surface area contributed by atoms with E-state index in [1.165, 1.54) is 27.1 Å². The summed E-state index contributed by atoms with van der Waals surface area (Å²) < 4.78 is 7.51. The van der Waals surface area contributed by atoms with Crippen molar-refractivity contribution in [3.05, 3.63) is 110 Å². The molecule has 0 aliphatic heterocycles. The van der Waals surface area contributed by atoms with Gasteiger partial charge in [-0.05, 0) is 35.9 Å². The largest absolute Gasteiger partial charge is 0.467 e. The first-order valence-electron chi connectivity index (χ1n) is 10.4. The van der Waals surface area contributed by atoms with E-state index in [-0.39, 0.29) is 24.6 Å². The Hall–Kier alpha value is -4.44. The molecule has 9 nitrogen and oxygen atoms in total. The second kappa shape index (κ2) is 8.83. The monoisotopic (exact) mass is 473 g/mol. The molecular formula is C24H19N5O4S. The molecule has 0 bridgehead atoms. The molecule has 10 heteroatoms. The highest BCUT2D eigenvalue weighted by Crippen LogP contribution is 2.25. The number of benzene rings is 2. The van der Waals surface area contributed by atoms with E-state index in [9.17, 15) is 14.4 Å². The van der Waals surface area contributed by atoms with Crippen LogP contribution >= 0.6 is 11.3 Å². The fourth-order valence-electron chi connectivity index (χ4n) is 3.72. The molecule has 0 aliphatic rings. The van der Waals surface area contributed by atoms with Crippen molar-refractivity contribution in [2.24, 2.45) is 0 Å². The number of anilines is 2. The molecule has 0 saturated carbocycles. The maximum absolute atomic E-state index is 13.7. The quantitative estimate of drug-likeness (QED) is 0.390. The van der Waals surface area contributed by atoms with Crippen LogP contribution in [0, 0.1) is 0 Å². The number of nitrogens with two attached hydrogens (primary N) is 1. The van der Waals surface area contributed by atoms with Crippen LogP contribution in [0.1, 0.15) is 21.7 Å². The topological polar surface area (TPSA) is 127 Å². The Morgan fingerprint density at radius 2 is 1.94 bits per heavy atom. The molecule has 0 atom stereocenters. The van der Waals surface area contributed by atoms with E-state index >= 15 is 0 Å². The number of furan rings is 1. The third kappa shape index (κ3) is 4.02. The van der Waals surface area contributed by atoms with Crippen molar-refractivity contribution in [3.63, 3.8) is 0 Å². The second-order valence-electron chi connectivity index (χ2n) is 7.57. The van der Waals surface area contributed by atoms with Crippen LogP contribution in [0.5, 0.6) is 0 Å². The van der Waals surface area contributed by atoms with E-state index in [0.29, 0.717) is 11.3 Å². The van der Waals surface area contributed by atoms with Gasteiger partial charge < -0.3 is 10.2 Å². The first kappa shape index (κ1) is 21.4. The van der Waals surface area contributed by atoms with Crippen LogP contribution in [0.15, 0.2) is 86.4 Å². The Morgan fingerprint density at radius 3 is 2.71 bits per heavy atom. The number of rotatable bonds is 6. The van der Waals surface area contributed by atoms with Gasteiger partial charge in [0.25, 0.3) is 11.5 Å². The van der Waals surface area contributed by atoms with Crippen molar-refractivity contribution in [2.45, 2.75) is 13.1 Å². The zero-order valence-corrected chi connectivity index (χ0v) is 18.6. The zero-order valence-electron chi connectivity index (χ0n) is 17.8. The number of carbonyl (C=O) groups is 1. The van der Waals surface area contributed by atoms with Gasteiger partial charge >= 0.3 is 5.69 Å². The lowest BCUT2D eigenvalue weighted by Crippen LogP contribution is -2.41. The second-order valence-corrected chi connectivity index (χ2v) is 8.46.